The first-order chi connectivity index (χ1) is 12.2. The first-order valence-electron chi connectivity index (χ1n) is 9.01. The number of nitrogens with one attached hydrogen (secondary N) is 2. The lowest BCUT2D eigenvalue weighted by atomic mass is 9.99. The van der Waals surface area contributed by atoms with Gasteiger partial charge in [-0.1, -0.05) is 13.0 Å². The van der Waals surface area contributed by atoms with Crippen LogP contribution >= 0.6 is 0 Å². The molecule has 0 radical (unpaired) electrons. The molecule has 1 aromatic rings. The molecule has 1 aromatic carbocycles. The monoisotopic (exact) mass is 382 g/mol. The molecule has 26 heavy (non-hydrogen) atoms. The van der Waals surface area contributed by atoms with Gasteiger partial charge in [0.15, 0.2) is 0 Å². The molecule has 0 bridgehead atoms. The Morgan fingerprint density at radius 2 is 2.12 bits per heavy atom. The van der Waals surface area contributed by atoms with E-state index in [-0.39, 0.29) is 17.0 Å². The van der Waals surface area contributed by atoms with Crippen LogP contribution < -0.4 is 10.6 Å². The van der Waals surface area contributed by atoms with Crippen molar-refractivity contribution in [3.8, 4) is 0 Å². The van der Waals surface area contributed by atoms with E-state index < -0.39 is 10.0 Å². The highest BCUT2D eigenvalue weighted by Crippen LogP contribution is 2.19. The number of likely N-dealkylation sites (tertiary alicyclic amines) is 1. The number of nitrogens with zero attached hydrogens (tertiary/aromatic N) is 2. The highest BCUT2D eigenvalue weighted by atomic mass is 32.2. The van der Waals surface area contributed by atoms with Gasteiger partial charge in [0.2, 0.25) is 10.0 Å². The lowest BCUT2D eigenvalue weighted by Crippen LogP contribution is -2.47. The van der Waals surface area contributed by atoms with E-state index in [4.69, 9.17) is 0 Å². The molecule has 1 saturated heterocycles. The van der Waals surface area contributed by atoms with Crippen LogP contribution in [0.5, 0.6) is 0 Å². The number of carbonyl (C=O) groups is 1. The molecule has 146 valence electrons. The summed E-state index contributed by atoms with van der Waals surface area (Å²) < 4.78 is 25.5. The fourth-order valence-electron chi connectivity index (χ4n) is 3.12. The van der Waals surface area contributed by atoms with Gasteiger partial charge in [0.1, 0.15) is 0 Å². The van der Waals surface area contributed by atoms with Crippen molar-refractivity contribution in [3.05, 3.63) is 24.3 Å². The molecule has 0 saturated carbocycles. The van der Waals surface area contributed by atoms with Crippen LogP contribution in [0.1, 0.15) is 26.7 Å². The number of urea groups is 1. The van der Waals surface area contributed by atoms with E-state index in [1.165, 1.54) is 39.1 Å². The number of anilines is 1. The van der Waals surface area contributed by atoms with Crippen molar-refractivity contribution >= 4 is 21.7 Å². The van der Waals surface area contributed by atoms with Crippen molar-refractivity contribution in [2.24, 2.45) is 5.92 Å². The number of rotatable bonds is 6. The van der Waals surface area contributed by atoms with Gasteiger partial charge in [0.05, 0.1) is 4.90 Å². The van der Waals surface area contributed by atoms with E-state index in [1.807, 2.05) is 0 Å². The van der Waals surface area contributed by atoms with Crippen LogP contribution in [0.15, 0.2) is 29.2 Å². The number of hydrogen-bond donors (Lipinski definition) is 2. The van der Waals surface area contributed by atoms with Crippen LogP contribution in [0.25, 0.3) is 0 Å². The largest absolute Gasteiger partial charge is 0.336 e. The second kappa shape index (κ2) is 8.83. The summed E-state index contributed by atoms with van der Waals surface area (Å²) in [6, 6.07) is 6.20. The van der Waals surface area contributed by atoms with E-state index in [9.17, 15) is 13.2 Å². The molecule has 0 spiro atoms. The quantitative estimate of drug-likeness (QED) is 0.790. The third-order valence-electron chi connectivity index (χ3n) is 4.74. The zero-order valence-corrected chi connectivity index (χ0v) is 16.8. The molecule has 1 heterocycles. The minimum absolute atomic E-state index is 0.149. The van der Waals surface area contributed by atoms with Gasteiger partial charge in [-0.15, -0.1) is 0 Å². The summed E-state index contributed by atoms with van der Waals surface area (Å²) in [4.78, 5) is 14.7. The maximum absolute atomic E-state index is 12.2. The third kappa shape index (κ3) is 5.43. The Labute approximate surface area is 156 Å². The van der Waals surface area contributed by atoms with Crippen molar-refractivity contribution in [1.29, 1.82) is 0 Å². The minimum atomic E-state index is -3.53. The summed E-state index contributed by atoms with van der Waals surface area (Å²) >= 11 is 0. The fraction of sp³-hybridized carbons (Fsp3) is 0.611. The van der Waals surface area contributed by atoms with Crippen molar-refractivity contribution in [1.82, 2.24) is 14.5 Å². The van der Waals surface area contributed by atoms with Gasteiger partial charge in [0.25, 0.3) is 0 Å². The van der Waals surface area contributed by atoms with E-state index in [2.05, 4.69) is 29.4 Å². The summed E-state index contributed by atoms with van der Waals surface area (Å²) in [5, 5.41) is 5.58. The normalized spacial score (nSPS) is 20.0. The van der Waals surface area contributed by atoms with Gasteiger partial charge in [-0.05, 0) is 50.4 Å². The third-order valence-corrected chi connectivity index (χ3v) is 6.55. The zero-order chi connectivity index (χ0) is 19.3. The van der Waals surface area contributed by atoms with Gasteiger partial charge >= 0.3 is 6.03 Å². The summed E-state index contributed by atoms with van der Waals surface area (Å²) in [7, 11) is -0.571. The molecule has 1 fully saturated rings. The molecule has 2 N–H and O–H groups in total. The Bertz CT molecular complexity index is 721. The van der Waals surface area contributed by atoms with E-state index >= 15 is 0 Å². The number of benzene rings is 1. The Balaban J connectivity index is 1.90. The Morgan fingerprint density at radius 3 is 2.77 bits per heavy atom. The van der Waals surface area contributed by atoms with Crippen molar-refractivity contribution in [2.45, 2.75) is 37.6 Å². The fourth-order valence-corrected chi connectivity index (χ4v) is 4.06. The highest BCUT2D eigenvalue weighted by Gasteiger charge is 2.21. The maximum Gasteiger partial charge on any atom is 0.319 e. The summed E-state index contributed by atoms with van der Waals surface area (Å²) in [5.41, 5.74) is 0.449. The average molecular weight is 383 g/mol. The number of carbonyl (C=O) groups excluding carboxylic acids is 1. The van der Waals surface area contributed by atoms with Crippen LogP contribution in [0, 0.1) is 5.92 Å². The lowest BCUT2D eigenvalue weighted by molar-refractivity contribution is 0.138. The zero-order valence-electron chi connectivity index (χ0n) is 16.0. The average Bonchev–Trinajstić information content (AvgIpc) is 2.59. The number of sulfonamides is 1. The topological polar surface area (TPSA) is 81.8 Å². The molecular formula is C18H30N4O3S. The standard InChI is InChI=1S/C18H30N4O3S/c1-14-7-6-10-22(13-14)15(2)12-19-18(23)20-16-8-5-9-17(11-16)26(24,25)21(3)4/h5,8-9,11,14-15H,6-7,10,12-13H2,1-4H3,(H2,19,20,23). The summed E-state index contributed by atoms with van der Waals surface area (Å²) in [6.07, 6.45) is 2.47. The van der Waals surface area contributed by atoms with Gasteiger partial charge in [0, 0.05) is 38.9 Å². The van der Waals surface area contributed by atoms with Gasteiger partial charge in [-0.25, -0.2) is 17.5 Å². The predicted molar refractivity (Wildman–Crippen MR) is 104 cm³/mol. The highest BCUT2D eigenvalue weighted by molar-refractivity contribution is 7.89. The van der Waals surface area contributed by atoms with E-state index in [0.29, 0.717) is 18.2 Å². The first kappa shape index (κ1) is 20.7. The van der Waals surface area contributed by atoms with E-state index in [1.54, 1.807) is 12.1 Å². The van der Waals surface area contributed by atoms with Gasteiger partial charge in [-0.3, -0.25) is 4.90 Å². The number of piperidine rings is 1. The molecule has 8 heteroatoms. The minimum Gasteiger partial charge on any atom is -0.336 e. The summed E-state index contributed by atoms with van der Waals surface area (Å²) in [5.74, 6) is 0.696. The molecule has 2 amide bonds. The van der Waals surface area contributed by atoms with Crippen LogP contribution in [0.2, 0.25) is 0 Å². The first-order valence-corrected chi connectivity index (χ1v) is 10.5. The molecule has 2 unspecified atom stereocenters. The second-order valence-corrected chi connectivity index (χ2v) is 9.39. The van der Waals surface area contributed by atoms with Crippen molar-refractivity contribution in [2.75, 3.05) is 39.0 Å². The van der Waals surface area contributed by atoms with Gasteiger partial charge in [-0.2, -0.15) is 0 Å². The smallest absolute Gasteiger partial charge is 0.319 e. The number of hydrogen-bond acceptors (Lipinski definition) is 4. The van der Waals surface area contributed by atoms with Crippen LogP contribution in [-0.4, -0.2) is 63.4 Å². The molecule has 2 atom stereocenters. The summed E-state index contributed by atoms with van der Waals surface area (Å²) in [6.45, 7) is 7.05. The Hall–Kier alpha value is -1.64. The molecule has 7 nitrogen and oxygen atoms in total. The SMILES string of the molecule is CC1CCCN(C(C)CNC(=O)Nc2cccc(S(=O)(=O)N(C)C)c2)C1. The van der Waals surface area contributed by atoms with Crippen LogP contribution in [0.3, 0.4) is 0 Å². The second-order valence-electron chi connectivity index (χ2n) is 7.24. The Kier molecular flexibility index (Phi) is 7.02. The molecule has 1 aliphatic heterocycles. The van der Waals surface area contributed by atoms with Crippen molar-refractivity contribution in [3.63, 3.8) is 0 Å². The molecule has 0 aromatic heterocycles. The Morgan fingerprint density at radius 1 is 1.38 bits per heavy atom. The number of amides is 2. The van der Waals surface area contributed by atoms with Crippen LogP contribution in [0.4, 0.5) is 10.5 Å². The van der Waals surface area contributed by atoms with Crippen LogP contribution in [-0.2, 0) is 10.0 Å². The predicted octanol–water partition coefficient (Wildman–Crippen LogP) is 2.18. The van der Waals surface area contributed by atoms with Gasteiger partial charge < -0.3 is 10.6 Å². The maximum atomic E-state index is 12.2. The van der Waals surface area contributed by atoms with E-state index in [0.717, 1.165) is 17.4 Å². The molecule has 2 rings (SSSR count). The molecule has 1 aliphatic rings. The van der Waals surface area contributed by atoms with Crippen molar-refractivity contribution < 1.29 is 13.2 Å². The molecular weight excluding hydrogens is 352 g/mol. The molecule has 0 aliphatic carbocycles. The lowest BCUT2D eigenvalue weighted by Gasteiger charge is -2.35.